The van der Waals surface area contributed by atoms with Gasteiger partial charge in [0, 0.05) is 41.0 Å². The fourth-order valence-corrected chi connectivity index (χ4v) is 11.2. The molecule has 3 aromatic rings. The first kappa shape index (κ1) is 18.7. The zero-order valence-corrected chi connectivity index (χ0v) is 18.6. The molecule has 0 unspecified atom stereocenters. The highest BCUT2D eigenvalue weighted by molar-refractivity contribution is 6.92. The van der Waals surface area contributed by atoms with E-state index in [9.17, 15) is 0 Å². The lowest BCUT2D eigenvalue weighted by molar-refractivity contribution is -0.659. The molecule has 3 aromatic heterocycles. The molecule has 0 aliphatic carbocycles. The molecule has 2 aliphatic heterocycles. The smallest absolute Gasteiger partial charge is 0.214 e. The minimum atomic E-state index is -1.27. The first-order valence-electron chi connectivity index (χ1n) is 11.1. The van der Waals surface area contributed by atoms with Gasteiger partial charge < -0.3 is 0 Å². The summed E-state index contributed by atoms with van der Waals surface area (Å²) in [6, 6.07) is 13.4. The highest BCUT2D eigenvalue weighted by atomic mass is 28.3. The second kappa shape index (κ2) is 7.49. The maximum Gasteiger partial charge on any atom is 0.214 e. The normalized spacial score (nSPS) is 17.9. The van der Waals surface area contributed by atoms with Gasteiger partial charge in [-0.2, -0.15) is 0 Å². The van der Waals surface area contributed by atoms with Gasteiger partial charge in [0.2, 0.25) is 5.69 Å². The molecular weight excluding hydrogens is 370 g/mol. The lowest BCUT2D eigenvalue weighted by Crippen LogP contribution is -2.55. The van der Waals surface area contributed by atoms with Crippen LogP contribution in [0.3, 0.4) is 0 Å². The number of rotatable bonds is 2. The fourth-order valence-electron chi connectivity index (χ4n) is 5.63. The number of hydrogen-bond donors (Lipinski definition) is 0. The van der Waals surface area contributed by atoms with Crippen molar-refractivity contribution in [3.8, 4) is 22.4 Å². The molecule has 29 heavy (non-hydrogen) atoms. The Morgan fingerprint density at radius 3 is 2.59 bits per heavy atom. The van der Waals surface area contributed by atoms with E-state index >= 15 is 0 Å². The second-order valence-electron chi connectivity index (χ2n) is 9.00. The van der Waals surface area contributed by atoms with Gasteiger partial charge in [-0.05, 0) is 31.0 Å². The van der Waals surface area contributed by atoms with Gasteiger partial charge in [0.05, 0.1) is 19.3 Å². The van der Waals surface area contributed by atoms with Gasteiger partial charge in [-0.3, -0.25) is 9.97 Å². The van der Waals surface area contributed by atoms with E-state index in [1.807, 2.05) is 24.7 Å². The van der Waals surface area contributed by atoms with Crippen molar-refractivity contribution < 1.29 is 4.57 Å². The highest BCUT2D eigenvalue weighted by Gasteiger charge is 2.42. The summed E-state index contributed by atoms with van der Waals surface area (Å²) < 4.78 is 2.38. The van der Waals surface area contributed by atoms with Crippen LogP contribution in [0.4, 0.5) is 0 Å². The Labute approximate surface area is 174 Å². The molecule has 0 N–H and O–H groups in total. The van der Waals surface area contributed by atoms with Gasteiger partial charge in [0.1, 0.15) is 7.05 Å². The Bertz CT molecular complexity index is 1040. The highest BCUT2D eigenvalue weighted by Crippen LogP contribution is 2.37. The number of aryl methyl sites for hydroxylation is 3. The average molecular weight is 401 g/mol. The first-order valence-corrected chi connectivity index (χ1v) is 13.7. The lowest BCUT2D eigenvalue weighted by Gasteiger charge is -2.39. The van der Waals surface area contributed by atoms with E-state index in [1.54, 1.807) is 10.8 Å². The Kier molecular flexibility index (Phi) is 4.82. The molecule has 5 heterocycles. The van der Waals surface area contributed by atoms with Crippen LogP contribution in [0.1, 0.15) is 36.9 Å². The van der Waals surface area contributed by atoms with Gasteiger partial charge >= 0.3 is 0 Å². The van der Waals surface area contributed by atoms with Gasteiger partial charge in [-0.15, -0.1) is 0 Å². The number of pyridine rings is 3. The Balaban J connectivity index is 1.61. The topological polar surface area (TPSA) is 29.7 Å². The molecule has 148 valence electrons. The summed E-state index contributed by atoms with van der Waals surface area (Å²) in [7, 11) is 0.960. The molecule has 0 aromatic carbocycles. The standard InChI is InChI=1S/C25H30N3Si/c1-19-23(14-22(17-27-19)21-8-6-10-26-16-21)24-15-20-9-7-13-29(11-4-3-5-12-29)25(20)18-28(24)2/h6,8,10,14-18H,3-5,7,9,11-13H2,1-2H3/q+1. The fraction of sp³-hybridized carbons (Fsp3) is 0.400. The maximum atomic E-state index is 4.74. The summed E-state index contributed by atoms with van der Waals surface area (Å²) in [5.74, 6) is 0. The van der Waals surface area contributed by atoms with Crippen LogP contribution in [-0.4, -0.2) is 18.0 Å². The van der Waals surface area contributed by atoms with Crippen LogP contribution in [0.15, 0.2) is 49.1 Å². The van der Waals surface area contributed by atoms with E-state index in [0.717, 1.165) is 16.8 Å². The SMILES string of the molecule is Cc1ncc(-c2cccnc2)cc1-c1cc2c(c[n+]1C)[Si]1(CCCCC1)CCC2. The van der Waals surface area contributed by atoms with Gasteiger partial charge in [0.25, 0.3) is 0 Å². The third-order valence-corrected chi connectivity index (χ3v) is 12.7. The molecule has 0 atom stereocenters. The molecule has 1 fully saturated rings. The molecule has 0 amide bonds. The first-order chi connectivity index (χ1) is 14.2. The van der Waals surface area contributed by atoms with E-state index in [0.29, 0.717) is 0 Å². The van der Waals surface area contributed by atoms with Crippen LogP contribution in [-0.2, 0) is 13.5 Å². The monoisotopic (exact) mass is 400 g/mol. The van der Waals surface area contributed by atoms with Crippen molar-refractivity contribution in [1.82, 2.24) is 9.97 Å². The number of fused-ring (bicyclic) bond motifs is 2. The van der Waals surface area contributed by atoms with Crippen molar-refractivity contribution in [3.05, 3.63) is 60.3 Å². The summed E-state index contributed by atoms with van der Waals surface area (Å²) in [6.07, 6.45) is 15.2. The molecule has 1 saturated heterocycles. The Hall–Kier alpha value is -2.33. The van der Waals surface area contributed by atoms with E-state index in [-0.39, 0.29) is 0 Å². The number of nitrogens with zero attached hydrogens (tertiary/aromatic N) is 3. The van der Waals surface area contributed by atoms with E-state index in [2.05, 4.69) is 47.9 Å². The van der Waals surface area contributed by atoms with Crippen molar-refractivity contribution in [3.63, 3.8) is 0 Å². The predicted octanol–water partition coefficient (Wildman–Crippen LogP) is 4.73. The molecule has 3 nitrogen and oxygen atoms in total. The minimum Gasteiger partial charge on any atom is -0.264 e. The van der Waals surface area contributed by atoms with Crippen LogP contribution in [0.5, 0.6) is 0 Å². The molecule has 5 rings (SSSR count). The van der Waals surface area contributed by atoms with E-state index < -0.39 is 8.07 Å². The van der Waals surface area contributed by atoms with Crippen molar-refractivity contribution in [2.45, 2.75) is 57.2 Å². The molecule has 0 saturated carbocycles. The molecule has 0 bridgehead atoms. The van der Waals surface area contributed by atoms with Crippen LogP contribution in [0.25, 0.3) is 22.4 Å². The zero-order valence-electron chi connectivity index (χ0n) is 17.6. The number of aromatic nitrogens is 3. The van der Waals surface area contributed by atoms with Gasteiger partial charge in [0.15, 0.2) is 6.20 Å². The third kappa shape index (κ3) is 3.33. The Morgan fingerprint density at radius 1 is 0.966 bits per heavy atom. The zero-order chi connectivity index (χ0) is 19.8. The maximum absolute atomic E-state index is 4.74. The summed E-state index contributed by atoms with van der Waals surface area (Å²) in [5, 5.41) is 1.77. The molecule has 4 heteroatoms. The van der Waals surface area contributed by atoms with Gasteiger partial charge in [-0.25, -0.2) is 4.57 Å². The van der Waals surface area contributed by atoms with E-state index in [1.165, 1.54) is 61.5 Å². The van der Waals surface area contributed by atoms with Crippen LogP contribution in [0, 0.1) is 6.92 Å². The van der Waals surface area contributed by atoms with Crippen LogP contribution >= 0.6 is 0 Å². The molecule has 0 radical (unpaired) electrons. The largest absolute Gasteiger partial charge is 0.264 e. The van der Waals surface area contributed by atoms with Crippen molar-refractivity contribution in [2.75, 3.05) is 0 Å². The number of hydrogen-bond acceptors (Lipinski definition) is 2. The summed E-state index contributed by atoms with van der Waals surface area (Å²) in [4.78, 5) is 9.02. The quantitative estimate of drug-likeness (QED) is 0.460. The summed E-state index contributed by atoms with van der Waals surface area (Å²) in [5.41, 5.74) is 7.51. The summed E-state index contributed by atoms with van der Waals surface area (Å²) >= 11 is 0. The van der Waals surface area contributed by atoms with E-state index in [4.69, 9.17) is 4.98 Å². The average Bonchev–Trinajstić information content (AvgIpc) is 2.76. The van der Waals surface area contributed by atoms with Crippen LogP contribution < -0.4 is 9.75 Å². The van der Waals surface area contributed by atoms with Crippen molar-refractivity contribution >= 4 is 13.3 Å². The minimum absolute atomic E-state index is 1.09. The van der Waals surface area contributed by atoms with Crippen molar-refractivity contribution in [1.29, 1.82) is 0 Å². The second-order valence-corrected chi connectivity index (χ2v) is 13.6. The summed E-state index contributed by atoms with van der Waals surface area (Å²) in [6.45, 7) is 2.12. The predicted molar refractivity (Wildman–Crippen MR) is 121 cm³/mol. The molecule has 1 spiro atoms. The van der Waals surface area contributed by atoms with Gasteiger partial charge in [-0.1, -0.05) is 49.9 Å². The lowest BCUT2D eigenvalue weighted by atomic mass is 10.0. The Morgan fingerprint density at radius 2 is 1.79 bits per heavy atom. The third-order valence-electron chi connectivity index (χ3n) is 7.20. The molecular formula is C25H30N3Si+. The molecule has 2 aliphatic rings. The van der Waals surface area contributed by atoms with Crippen LogP contribution in [0.2, 0.25) is 18.1 Å². The van der Waals surface area contributed by atoms with Crippen molar-refractivity contribution in [2.24, 2.45) is 7.05 Å².